The van der Waals surface area contributed by atoms with Crippen molar-refractivity contribution in [2.75, 3.05) is 13.2 Å². The quantitative estimate of drug-likeness (QED) is 0.886. The van der Waals surface area contributed by atoms with E-state index in [0.29, 0.717) is 35.2 Å². The molecule has 0 atom stereocenters. The highest BCUT2D eigenvalue weighted by molar-refractivity contribution is 6.32. The van der Waals surface area contributed by atoms with E-state index < -0.39 is 0 Å². The summed E-state index contributed by atoms with van der Waals surface area (Å²) in [6, 6.07) is 9.11. The maximum atomic E-state index is 12.0. The lowest BCUT2D eigenvalue weighted by Gasteiger charge is -2.19. The van der Waals surface area contributed by atoms with E-state index in [1.165, 1.54) is 0 Å². The van der Waals surface area contributed by atoms with Gasteiger partial charge in [0, 0.05) is 18.2 Å². The molecule has 126 valence electrons. The monoisotopic (exact) mass is 345 g/mol. The molecule has 4 nitrogen and oxygen atoms in total. The van der Waals surface area contributed by atoms with E-state index in [9.17, 15) is 4.79 Å². The third-order valence-corrected chi connectivity index (χ3v) is 4.27. The van der Waals surface area contributed by atoms with Crippen LogP contribution in [-0.2, 0) is 6.42 Å². The molecule has 1 amide bonds. The Morgan fingerprint density at radius 3 is 2.92 bits per heavy atom. The van der Waals surface area contributed by atoms with Gasteiger partial charge in [-0.15, -0.1) is 0 Å². The molecule has 0 aromatic heterocycles. The van der Waals surface area contributed by atoms with Gasteiger partial charge >= 0.3 is 0 Å². The number of hydrogen-bond acceptors (Lipinski definition) is 3. The molecule has 1 N–H and O–H groups in total. The number of fused-ring (bicyclic) bond motifs is 1. The molecule has 0 spiro atoms. The van der Waals surface area contributed by atoms with Crippen molar-refractivity contribution in [1.82, 2.24) is 5.32 Å². The number of carbonyl (C=O) groups is 1. The van der Waals surface area contributed by atoms with Gasteiger partial charge in [-0.1, -0.05) is 11.6 Å². The molecule has 0 unspecified atom stereocenters. The maximum Gasteiger partial charge on any atom is 0.251 e. The summed E-state index contributed by atoms with van der Waals surface area (Å²) in [5.74, 6) is 1.94. The fourth-order valence-electron chi connectivity index (χ4n) is 2.77. The first-order valence-corrected chi connectivity index (χ1v) is 8.48. The van der Waals surface area contributed by atoms with Crippen LogP contribution in [-0.4, -0.2) is 19.1 Å². The zero-order valence-corrected chi connectivity index (χ0v) is 14.6. The first kappa shape index (κ1) is 16.7. The molecule has 0 radical (unpaired) electrons. The van der Waals surface area contributed by atoms with E-state index in [0.717, 1.165) is 29.7 Å². The molecule has 0 bridgehead atoms. The van der Waals surface area contributed by atoms with Crippen LogP contribution in [0.25, 0.3) is 0 Å². The van der Waals surface area contributed by atoms with Gasteiger partial charge in [0.25, 0.3) is 5.91 Å². The summed E-state index contributed by atoms with van der Waals surface area (Å²) in [6.07, 6.45) is 1.97. The van der Waals surface area contributed by atoms with Gasteiger partial charge in [0.05, 0.1) is 11.6 Å². The molecule has 1 aliphatic rings. The van der Waals surface area contributed by atoms with Crippen molar-refractivity contribution in [3.8, 4) is 17.2 Å². The summed E-state index contributed by atoms with van der Waals surface area (Å²) < 4.78 is 11.6. The van der Waals surface area contributed by atoms with Crippen molar-refractivity contribution in [2.24, 2.45) is 0 Å². The van der Waals surface area contributed by atoms with Crippen LogP contribution < -0.4 is 14.8 Å². The first-order valence-electron chi connectivity index (χ1n) is 8.10. The highest BCUT2D eigenvalue weighted by atomic mass is 35.5. The van der Waals surface area contributed by atoms with E-state index >= 15 is 0 Å². The second-order valence-corrected chi connectivity index (χ2v) is 6.19. The van der Waals surface area contributed by atoms with Crippen LogP contribution in [0.4, 0.5) is 0 Å². The van der Waals surface area contributed by atoms with Crippen LogP contribution in [0.3, 0.4) is 0 Å². The molecule has 0 saturated carbocycles. The fourth-order valence-corrected chi connectivity index (χ4v) is 2.99. The lowest BCUT2D eigenvalue weighted by Crippen LogP contribution is -2.23. The van der Waals surface area contributed by atoms with Gasteiger partial charge in [0.1, 0.15) is 17.2 Å². The van der Waals surface area contributed by atoms with Crippen molar-refractivity contribution in [2.45, 2.75) is 26.7 Å². The second kappa shape index (κ2) is 7.14. The summed E-state index contributed by atoms with van der Waals surface area (Å²) in [4.78, 5) is 12.0. The van der Waals surface area contributed by atoms with Crippen LogP contribution in [0.2, 0.25) is 5.02 Å². The lowest BCUT2D eigenvalue weighted by atomic mass is 10.1. The number of rotatable bonds is 4. The van der Waals surface area contributed by atoms with Gasteiger partial charge in [-0.05, 0) is 62.1 Å². The Hall–Kier alpha value is -2.20. The summed E-state index contributed by atoms with van der Waals surface area (Å²) in [5.41, 5.74) is 2.61. The van der Waals surface area contributed by atoms with Crippen LogP contribution >= 0.6 is 11.6 Å². The minimum absolute atomic E-state index is 0.0817. The van der Waals surface area contributed by atoms with E-state index in [4.69, 9.17) is 21.1 Å². The highest BCUT2D eigenvalue weighted by Crippen LogP contribution is 2.37. The molecule has 24 heavy (non-hydrogen) atoms. The third-order valence-electron chi connectivity index (χ3n) is 3.97. The molecule has 3 rings (SSSR count). The molecule has 1 aliphatic heterocycles. The standard InChI is InChI=1S/C19H20ClNO3/c1-3-21-19(22)15-7-6-14(9-12(15)2)24-18-11-17-13(10-16(18)20)5-4-8-23-17/h6-7,9-11H,3-5,8H2,1-2H3,(H,21,22). The van der Waals surface area contributed by atoms with Gasteiger partial charge < -0.3 is 14.8 Å². The number of ether oxygens (including phenoxy) is 2. The van der Waals surface area contributed by atoms with Gasteiger partial charge in [-0.3, -0.25) is 4.79 Å². The number of benzene rings is 2. The van der Waals surface area contributed by atoms with Gasteiger partial charge in [0.15, 0.2) is 0 Å². The Kier molecular flexibility index (Phi) is 4.95. The molecule has 5 heteroatoms. The minimum Gasteiger partial charge on any atom is -0.493 e. The normalized spacial score (nSPS) is 13.0. The van der Waals surface area contributed by atoms with Crippen molar-refractivity contribution in [3.63, 3.8) is 0 Å². The van der Waals surface area contributed by atoms with Crippen molar-refractivity contribution in [1.29, 1.82) is 0 Å². The van der Waals surface area contributed by atoms with Gasteiger partial charge in [0.2, 0.25) is 0 Å². The average Bonchev–Trinajstić information content (AvgIpc) is 2.56. The maximum absolute atomic E-state index is 12.0. The molecule has 0 saturated heterocycles. The molecule has 2 aromatic carbocycles. The average molecular weight is 346 g/mol. The Balaban J connectivity index is 1.84. The summed E-state index contributed by atoms with van der Waals surface area (Å²) in [7, 11) is 0. The predicted octanol–water partition coefficient (Wildman–Crippen LogP) is 4.52. The lowest BCUT2D eigenvalue weighted by molar-refractivity contribution is 0.0955. The van der Waals surface area contributed by atoms with E-state index in [-0.39, 0.29) is 5.91 Å². The third kappa shape index (κ3) is 3.49. The Labute approximate surface area is 146 Å². The minimum atomic E-state index is -0.0817. The number of halogens is 1. The molecular formula is C19H20ClNO3. The summed E-state index contributed by atoms with van der Waals surface area (Å²) in [5, 5.41) is 3.36. The van der Waals surface area contributed by atoms with Crippen LogP contribution in [0.5, 0.6) is 17.2 Å². The summed E-state index contributed by atoms with van der Waals surface area (Å²) >= 11 is 6.33. The van der Waals surface area contributed by atoms with Crippen molar-refractivity contribution in [3.05, 3.63) is 52.0 Å². The van der Waals surface area contributed by atoms with Crippen molar-refractivity contribution < 1.29 is 14.3 Å². The van der Waals surface area contributed by atoms with Crippen LogP contribution in [0, 0.1) is 6.92 Å². The van der Waals surface area contributed by atoms with Crippen LogP contribution in [0.15, 0.2) is 30.3 Å². The Morgan fingerprint density at radius 1 is 1.33 bits per heavy atom. The van der Waals surface area contributed by atoms with Crippen molar-refractivity contribution >= 4 is 17.5 Å². The van der Waals surface area contributed by atoms with E-state index in [1.807, 2.05) is 32.0 Å². The number of nitrogens with one attached hydrogen (secondary N) is 1. The predicted molar refractivity (Wildman–Crippen MR) is 94.5 cm³/mol. The highest BCUT2D eigenvalue weighted by Gasteiger charge is 2.16. The smallest absolute Gasteiger partial charge is 0.251 e. The molecule has 2 aromatic rings. The van der Waals surface area contributed by atoms with E-state index in [1.54, 1.807) is 12.1 Å². The van der Waals surface area contributed by atoms with Gasteiger partial charge in [-0.2, -0.15) is 0 Å². The molecule has 0 aliphatic carbocycles. The Morgan fingerprint density at radius 2 is 2.17 bits per heavy atom. The largest absolute Gasteiger partial charge is 0.493 e. The summed E-state index contributed by atoms with van der Waals surface area (Å²) in [6.45, 7) is 5.09. The zero-order chi connectivity index (χ0) is 17.1. The molecular weight excluding hydrogens is 326 g/mol. The van der Waals surface area contributed by atoms with Crippen LogP contribution in [0.1, 0.15) is 34.8 Å². The topological polar surface area (TPSA) is 47.6 Å². The SMILES string of the molecule is CCNC(=O)c1ccc(Oc2cc3c(cc2Cl)CCCO3)cc1C. The fraction of sp³-hybridized carbons (Fsp3) is 0.316. The second-order valence-electron chi connectivity index (χ2n) is 5.78. The van der Waals surface area contributed by atoms with Gasteiger partial charge in [-0.25, -0.2) is 0 Å². The first-order chi connectivity index (χ1) is 11.6. The number of carbonyl (C=O) groups excluding carboxylic acids is 1. The number of aryl methyl sites for hydroxylation is 2. The molecule has 0 fully saturated rings. The molecule has 1 heterocycles. The number of amides is 1. The number of hydrogen-bond donors (Lipinski definition) is 1. The zero-order valence-electron chi connectivity index (χ0n) is 13.8. The van der Waals surface area contributed by atoms with E-state index in [2.05, 4.69) is 5.32 Å². The Bertz CT molecular complexity index is 773.